The molecule has 0 saturated carbocycles. The van der Waals surface area contributed by atoms with Crippen molar-refractivity contribution in [2.75, 3.05) is 31.1 Å². The highest BCUT2D eigenvalue weighted by Gasteiger charge is 2.36. The molecule has 322 valence electrons. The Labute approximate surface area is 367 Å². The highest BCUT2D eigenvalue weighted by Crippen LogP contribution is 2.39. The number of carbonyl (C=O) groups is 3. The predicted octanol–water partition coefficient (Wildman–Crippen LogP) is 10.2. The van der Waals surface area contributed by atoms with Gasteiger partial charge in [0.25, 0.3) is 0 Å². The molecule has 0 radical (unpaired) electrons. The topological polar surface area (TPSA) is 125 Å². The number of primary amides is 1. The van der Waals surface area contributed by atoms with Gasteiger partial charge in [-0.3, -0.25) is 14.4 Å². The fourth-order valence-electron chi connectivity index (χ4n) is 8.53. The van der Waals surface area contributed by atoms with Crippen molar-refractivity contribution in [1.29, 1.82) is 0 Å². The minimum Gasteiger partial charge on any atom is -0.481 e. The quantitative estimate of drug-likeness (QED) is 0.0936. The van der Waals surface area contributed by atoms with Gasteiger partial charge in [0.05, 0.1) is 11.8 Å². The summed E-state index contributed by atoms with van der Waals surface area (Å²) in [5.41, 5.74) is 11.3. The van der Waals surface area contributed by atoms with Crippen molar-refractivity contribution >= 4 is 35.1 Å². The standard InChI is InChI=1S/C20H23ClN2O.C20H24N2O.C12H16O2/c1-14(20(22)24)18-11-12-23(17-9-7-16(21)8-10-17)13-19(18)15-5-3-2-4-6-15;1-15(16-8-4-2-5-9-16)20(23)22-19-12-13-21-14-18(19)17-10-6-3-7-11-17;1-2-3-9-11(12(13)14)10-7-5-4-6-8-10/h2-10,14,18-19H,11-13H2,1H3,(H2,22,24);2-11,15,18-19,21H,12-14H2,1H3,(H,22,23);4-8,11H,2-3,9H2,1H3,(H,13,14). The first kappa shape index (κ1) is 46.6. The van der Waals surface area contributed by atoms with Crippen LogP contribution >= 0.6 is 11.6 Å². The lowest BCUT2D eigenvalue weighted by atomic mass is 9.74. The van der Waals surface area contributed by atoms with Gasteiger partial charge in [-0.1, -0.05) is 160 Å². The molecule has 2 fully saturated rings. The zero-order chi connectivity index (χ0) is 43.6. The van der Waals surface area contributed by atoms with Gasteiger partial charge in [-0.15, -0.1) is 0 Å². The van der Waals surface area contributed by atoms with Gasteiger partial charge in [-0.05, 0) is 85.2 Å². The van der Waals surface area contributed by atoms with Crippen LogP contribution in [0.25, 0.3) is 0 Å². The van der Waals surface area contributed by atoms with E-state index in [1.807, 2.05) is 98.8 Å². The van der Waals surface area contributed by atoms with E-state index in [-0.39, 0.29) is 47.4 Å². The molecule has 2 aliphatic heterocycles. The maximum absolute atomic E-state index is 12.7. The van der Waals surface area contributed by atoms with Gasteiger partial charge in [0.1, 0.15) is 0 Å². The Kier molecular flexibility index (Phi) is 18.4. The lowest BCUT2D eigenvalue weighted by molar-refractivity contribution is -0.139. The fourth-order valence-corrected chi connectivity index (χ4v) is 8.65. The van der Waals surface area contributed by atoms with Crippen molar-refractivity contribution in [2.24, 2.45) is 17.6 Å². The summed E-state index contributed by atoms with van der Waals surface area (Å²) >= 11 is 6.00. The SMILES string of the molecule is CC(C(=O)NC1CCNCC1c1ccccc1)c1ccccc1.CC(C(N)=O)C1CCN(c2ccc(Cl)cc2)CC1c1ccccc1.CCCCC(C(=O)O)c1ccccc1. The fraction of sp³-hybridized carbons (Fsp3) is 0.365. The summed E-state index contributed by atoms with van der Waals surface area (Å²) < 4.78 is 0. The number of benzene rings is 5. The molecule has 8 nitrogen and oxygen atoms in total. The van der Waals surface area contributed by atoms with Crippen LogP contribution in [0.15, 0.2) is 146 Å². The lowest BCUT2D eigenvalue weighted by Crippen LogP contribution is -2.49. The Morgan fingerprint density at radius 2 is 1.31 bits per heavy atom. The zero-order valence-corrected chi connectivity index (χ0v) is 36.6. The van der Waals surface area contributed by atoms with Gasteiger partial charge < -0.3 is 26.4 Å². The van der Waals surface area contributed by atoms with Gasteiger partial charge >= 0.3 is 5.97 Å². The molecule has 5 aromatic rings. The van der Waals surface area contributed by atoms with Gasteiger partial charge in [-0.2, -0.15) is 0 Å². The molecule has 9 heteroatoms. The number of unbranched alkanes of at least 4 members (excludes halogenated alkanes) is 1. The van der Waals surface area contributed by atoms with E-state index in [1.54, 1.807) is 0 Å². The molecule has 7 unspecified atom stereocenters. The second kappa shape index (κ2) is 24.1. The third-order valence-electron chi connectivity index (χ3n) is 12.3. The number of rotatable bonds is 13. The summed E-state index contributed by atoms with van der Waals surface area (Å²) in [7, 11) is 0. The first-order valence-electron chi connectivity index (χ1n) is 21.8. The van der Waals surface area contributed by atoms with Crippen LogP contribution in [0.3, 0.4) is 0 Å². The molecule has 0 aromatic heterocycles. The highest BCUT2D eigenvalue weighted by atomic mass is 35.5. The Balaban J connectivity index is 0.000000180. The molecule has 2 amide bonds. The van der Waals surface area contributed by atoms with Crippen LogP contribution in [0.2, 0.25) is 5.02 Å². The van der Waals surface area contributed by atoms with E-state index in [2.05, 4.69) is 83.1 Å². The second-order valence-corrected chi connectivity index (χ2v) is 16.7. The number of carboxylic acids is 1. The Hall–Kier alpha value is -5.44. The van der Waals surface area contributed by atoms with Crippen LogP contribution in [-0.4, -0.2) is 55.1 Å². The average Bonchev–Trinajstić information content (AvgIpc) is 3.30. The lowest BCUT2D eigenvalue weighted by Gasteiger charge is -2.42. The number of halogens is 1. The maximum Gasteiger partial charge on any atom is 0.310 e. The van der Waals surface area contributed by atoms with Crippen molar-refractivity contribution in [3.05, 3.63) is 173 Å². The molecule has 2 aliphatic rings. The molecule has 0 aliphatic carbocycles. The van der Waals surface area contributed by atoms with Crippen molar-refractivity contribution in [3.63, 3.8) is 0 Å². The van der Waals surface area contributed by atoms with Crippen LogP contribution in [0.4, 0.5) is 5.69 Å². The number of carboxylic acid groups (broad SMARTS) is 1. The molecular weight excluding hydrogens is 780 g/mol. The summed E-state index contributed by atoms with van der Waals surface area (Å²) in [6.45, 7) is 9.68. The highest BCUT2D eigenvalue weighted by molar-refractivity contribution is 6.30. The molecule has 7 rings (SSSR count). The van der Waals surface area contributed by atoms with E-state index in [1.165, 1.54) is 16.8 Å². The summed E-state index contributed by atoms with van der Waals surface area (Å²) in [6.07, 6.45) is 4.65. The predicted molar refractivity (Wildman–Crippen MR) is 249 cm³/mol. The minimum absolute atomic E-state index is 0.115. The maximum atomic E-state index is 12.7. The zero-order valence-electron chi connectivity index (χ0n) is 35.8. The number of aliphatic carboxylic acids is 1. The normalized spacial score (nSPS) is 20.0. The third kappa shape index (κ3) is 13.8. The van der Waals surface area contributed by atoms with Crippen LogP contribution in [0.5, 0.6) is 0 Å². The van der Waals surface area contributed by atoms with Gasteiger partial charge in [0.15, 0.2) is 0 Å². The molecule has 5 aromatic carbocycles. The Morgan fingerprint density at radius 1 is 0.770 bits per heavy atom. The number of anilines is 1. The van der Waals surface area contributed by atoms with Gasteiger partial charge in [0.2, 0.25) is 11.8 Å². The number of nitrogens with zero attached hydrogens (tertiary/aromatic N) is 1. The molecule has 5 N–H and O–H groups in total. The molecule has 0 bridgehead atoms. The molecule has 2 saturated heterocycles. The number of nitrogens with one attached hydrogen (secondary N) is 2. The number of hydrogen-bond donors (Lipinski definition) is 4. The molecule has 61 heavy (non-hydrogen) atoms. The monoisotopic (exact) mass is 842 g/mol. The number of hydrogen-bond acceptors (Lipinski definition) is 5. The Bertz CT molecular complexity index is 2050. The molecular formula is C52H63ClN4O4. The molecule has 7 atom stereocenters. The van der Waals surface area contributed by atoms with E-state index < -0.39 is 5.97 Å². The summed E-state index contributed by atoms with van der Waals surface area (Å²) in [4.78, 5) is 37.8. The van der Waals surface area contributed by atoms with E-state index in [9.17, 15) is 14.4 Å². The summed E-state index contributed by atoms with van der Waals surface area (Å²) in [6, 6.07) is 48.5. The van der Waals surface area contributed by atoms with Crippen molar-refractivity contribution in [1.82, 2.24) is 10.6 Å². The molecule has 0 spiro atoms. The van der Waals surface area contributed by atoms with Gasteiger partial charge in [-0.25, -0.2) is 0 Å². The first-order valence-corrected chi connectivity index (χ1v) is 22.2. The molecule has 2 heterocycles. The van der Waals surface area contributed by atoms with Crippen molar-refractivity contribution < 1.29 is 19.5 Å². The van der Waals surface area contributed by atoms with Crippen molar-refractivity contribution in [3.8, 4) is 0 Å². The third-order valence-corrected chi connectivity index (χ3v) is 12.5. The van der Waals surface area contributed by atoms with Gasteiger partial charge in [0, 0.05) is 54.1 Å². The largest absolute Gasteiger partial charge is 0.481 e. The van der Waals surface area contributed by atoms with E-state index in [0.29, 0.717) is 5.92 Å². The van der Waals surface area contributed by atoms with Crippen LogP contribution in [0.1, 0.15) is 98.8 Å². The van der Waals surface area contributed by atoms with E-state index >= 15 is 0 Å². The average molecular weight is 844 g/mol. The first-order chi connectivity index (χ1) is 29.6. The van der Waals surface area contributed by atoms with E-state index in [4.69, 9.17) is 22.4 Å². The van der Waals surface area contributed by atoms with Crippen molar-refractivity contribution in [2.45, 2.75) is 82.6 Å². The smallest absolute Gasteiger partial charge is 0.310 e. The van der Waals surface area contributed by atoms with Crippen LogP contribution in [0, 0.1) is 11.8 Å². The number of piperidine rings is 2. The summed E-state index contributed by atoms with van der Waals surface area (Å²) in [5, 5.41) is 16.5. The number of nitrogens with two attached hydrogens (primary N) is 1. The number of carbonyl (C=O) groups excluding carboxylic acids is 2. The summed E-state index contributed by atoms with van der Waals surface area (Å²) in [5.74, 6) is -0.501. The van der Waals surface area contributed by atoms with Crippen LogP contribution in [-0.2, 0) is 14.4 Å². The minimum atomic E-state index is -0.718. The van der Waals surface area contributed by atoms with Crippen LogP contribution < -0.4 is 21.3 Å². The Morgan fingerprint density at radius 3 is 1.85 bits per heavy atom. The number of amides is 2. The van der Waals surface area contributed by atoms with E-state index in [0.717, 1.165) is 74.4 Å². The second-order valence-electron chi connectivity index (χ2n) is 16.3.